The van der Waals surface area contributed by atoms with E-state index in [0.29, 0.717) is 6.61 Å². The topological polar surface area (TPSA) is 38.8 Å². The second kappa shape index (κ2) is 10.9. The van der Waals surface area contributed by atoms with E-state index in [1.54, 1.807) is 0 Å². The molecular formula is C25H31NO3. The summed E-state index contributed by atoms with van der Waals surface area (Å²) < 4.78 is 11.5. The van der Waals surface area contributed by atoms with Crippen LogP contribution in [0.1, 0.15) is 42.6 Å². The highest BCUT2D eigenvalue weighted by Gasteiger charge is 2.24. The molecule has 154 valence electrons. The summed E-state index contributed by atoms with van der Waals surface area (Å²) in [5.41, 5.74) is 3.64. The van der Waals surface area contributed by atoms with E-state index in [4.69, 9.17) is 9.47 Å². The van der Waals surface area contributed by atoms with Crippen molar-refractivity contribution in [1.82, 2.24) is 4.90 Å². The number of hydrogen-bond acceptors (Lipinski definition) is 4. The summed E-state index contributed by atoms with van der Waals surface area (Å²) in [5, 5.41) is 0. The molecule has 2 aromatic rings. The van der Waals surface area contributed by atoms with Gasteiger partial charge in [-0.15, -0.1) is 0 Å². The van der Waals surface area contributed by atoms with Crippen molar-refractivity contribution in [2.24, 2.45) is 0 Å². The Morgan fingerprint density at radius 1 is 1.07 bits per heavy atom. The number of likely N-dealkylation sites (tertiary alicyclic amines) is 1. The third kappa shape index (κ3) is 6.55. The molecule has 1 fully saturated rings. The highest BCUT2D eigenvalue weighted by atomic mass is 16.5. The Labute approximate surface area is 174 Å². The highest BCUT2D eigenvalue weighted by Crippen LogP contribution is 2.30. The van der Waals surface area contributed by atoms with E-state index < -0.39 is 0 Å². The lowest BCUT2D eigenvalue weighted by Crippen LogP contribution is -2.37. The Morgan fingerprint density at radius 2 is 1.72 bits per heavy atom. The SMILES string of the molecule is CCOC(=O)/C=C/CN1CCC(OC(c2ccccc2)c2ccc(C)cc2)CC1. The summed E-state index contributed by atoms with van der Waals surface area (Å²) in [5.74, 6) is -0.269. The zero-order valence-corrected chi connectivity index (χ0v) is 17.4. The molecule has 0 radical (unpaired) electrons. The van der Waals surface area contributed by atoms with Gasteiger partial charge in [0.1, 0.15) is 6.10 Å². The van der Waals surface area contributed by atoms with Gasteiger partial charge in [-0.1, -0.05) is 66.2 Å². The van der Waals surface area contributed by atoms with Crippen molar-refractivity contribution >= 4 is 5.97 Å². The van der Waals surface area contributed by atoms with Crippen molar-refractivity contribution in [1.29, 1.82) is 0 Å². The summed E-state index contributed by atoms with van der Waals surface area (Å²) in [6, 6.07) is 19.1. The largest absolute Gasteiger partial charge is 0.463 e. The predicted molar refractivity (Wildman–Crippen MR) is 116 cm³/mol. The first-order valence-electron chi connectivity index (χ1n) is 10.5. The van der Waals surface area contributed by atoms with Gasteiger partial charge in [-0.2, -0.15) is 0 Å². The fourth-order valence-corrected chi connectivity index (χ4v) is 3.63. The molecule has 0 saturated carbocycles. The fourth-order valence-electron chi connectivity index (χ4n) is 3.63. The van der Waals surface area contributed by atoms with Crippen molar-refractivity contribution in [3.8, 4) is 0 Å². The third-order valence-corrected chi connectivity index (χ3v) is 5.25. The Morgan fingerprint density at radius 3 is 2.38 bits per heavy atom. The van der Waals surface area contributed by atoms with E-state index in [-0.39, 0.29) is 18.2 Å². The van der Waals surface area contributed by atoms with E-state index >= 15 is 0 Å². The van der Waals surface area contributed by atoms with E-state index in [1.165, 1.54) is 22.8 Å². The number of benzene rings is 2. The number of carbonyl (C=O) groups is 1. The monoisotopic (exact) mass is 393 g/mol. The van der Waals surface area contributed by atoms with Crippen LogP contribution >= 0.6 is 0 Å². The smallest absolute Gasteiger partial charge is 0.330 e. The van der Waals surface area contributed by atoms with E-state index in [9.17, 15) is 4.79 Å². The summed E-state index contributed by atoms with van der Waals surface area (Å²) in [6.45, 7) is 7.03. The number of piperidine rings is 1. The van der Waals surface area contributed by atoms with Gasteiger partial charge in [0.05, 0.1) is 12.7 Å². The van der Waals surface area contributed by atoms with E-state index in [2.05, 4.69) is 60.4 Å². The third-order valence-electron chi connectivity index (χ3n) is 5.25. The number of ether oxygens (including phenoxy) is 2. The summed E-state index contributed by atoms with van der Waals surface area (Å²) in [6.07, 6.45) is 5.57. The molecule has 29 heavy (non-hydrogen) atoms. The van der Waals surface area contributed by atoms with Gasteiger partial charge < -0.3 is 9.47 Å². The van der Waals surface area contributed by atoms with E-state index in [1.807, 2.05) is 19.1 Å². The fraction of sp³-hybridized carbons (Fsp3) is 0.400. The van der Waals surface area contributed by atoms with Crippen LogP contribution in [-0.4, -0.2) is 43.2 Å². The number of carbonyl (C=O) groups excluding carboxylic acids is 1. The molecule has 0 bridgehead atoms. The van der Waals surface area contributed by atoms with Crippen LogP contribution in [0.3, 0.4) is 0 Å². The molecule has 2 aromatic carbocycles. The van der Waals surface area contributed by atoms with Crippen molar-refractivity contribution < 1.29 is 14.3 Å². The molecule has 1 aliphatic heterocycles. The molecule has 1 aliphatic rings. The molecule has 0 spiro atoms. The Bertz CT molecular complexity index is 777. The lowest BCUT2D eigenvalue weighted by atomic mass is 9.99. The first kappa shape index (κ1) is 21.3. The van der Waals surface area contributed by atoms with Gasteiger partial charge in [0.2, 0.25) is 0 Å². The maximum Gasteiger partial charge on any atom is 0.330 e. The molecule has 0 aliphatic carbocycles. The summed E-state index contributed by atoms with van der Waals surface area (Å²) in [7, 11) is 0. The molecule has 0 amide bonds. The van der Waals surface area contributed by atoms with Gasteiger partial charge in [0, 0.05) is 25.7 Å². The number of rotatable bonds is 8. The maximum absolute atomic E-state index is 11.4. The van der Waals surface area contributed by atoms with Crippen LogP contribution in [0.2, 0.25) is 0 Å². The minimum absolute atomic E-state index is 0.0444. The van der Waals surface area contributed by atoms with Crippen molar-refractivity contribution in [3.63, 3.8) is 0 Å². The normalized spacial score (nSPS) is 16.8. The maximum atomic E-state index is 11.4. The van der Waals surface area contributed by atoms with Gasteiger partial charge in [0.15, 0.2) is 0 Å². The highest BCUT2D eigenvalue weighted by molar-refractivity contribution is 5.81. The molecule has 0 N–H and O–H groups in total. The van der Waals surface area contributed by atoms with Crippen LogP contribution in [0, 0.1) is 6.92 Å². The predicted octanol–water partition coefficient (Wildman–Crippen LogP) is 4.68. The first-order valence-corrected chi connectivity index (χ1v) is 10.5. The van der Waals surface area contributed by atoms with Crippen LogP contribution in [-0.2, 0) is 14.3 Å². The minimum Gasteiger partial charge on any atom is -0.463 e. The molecule has 3 rings (SSSR count). The van der Waals surface area contributed by atoms with Crippen molar-refractivity contribution in [2.45, 2.75) is 38.9 Å². The van der Waals surface area contributed by atoms with Gasteiger partial charge in [-0.3, -0.25) is 4.90 Å². The molecule has 1 unspecified atom stereocenters. The number of nitrogens with zero attached hydrogens (tertiary/aromatic N) is 1. The van der Waals surface area contributed by atoms with Crippen LogP contribution < -0.4 is 0 Å². The van der Waals surface area contributed by atoms with Crippen molar-refractivity contribution in [2.75, 3.05) is 26.2 Å². The van der Waals surface area contributed by atoms with Gasteiger partial charge in [0.25, 0.3) is 0 Å². The second-order valence-corrected chi connectivity index (χ2v) is 7.49. The molecule has 1 heterocycles. The molecule has 1 atom stereocenters. The van der Waals surface area contributed by atoms with Gasteiger partial charge >= 0.3 is 5.97 Å². The molecule has 1 saturated heterocycles. The quantitative estimate of drug-likeness (QED) is 0.482. The number of aryl methyl sites for hydroxylation is 1. The Kier molecular flexibility index (Phi) is 8.03. The summed E-state index contributed by atoms with van der Waals surface area (Å²) >= 11 is 0. The second-order valence-electron chi connectivity index (χ2n) is 7.49. The average Bonchev–Trinajstić information content (AvgIpc) is 2.75. The standard InChI is InChI=1S/C25H31NO3/c1-3-28-24(27)10-7-17-26-18-15-23(16-19-26)29-25(21-8-5-4-6-9-21)22-13-11-20(2)12-14-22/h4-14,23,25H,3,15-19H2,1-2H3/b10-7+. The Hall–Kier alpha value is -2.43. The Balaban J connectivity index is 1.57. The van der Waals surface area contributed by atoms with Crippen molar-refractivity contribution in [3.05, 3.63) is 83.4 Å². The molecule has 4 nitrogen and oxygen atoms in total. The average molecular weight is 394 g/mol. The number of esters is 1. The summed E-state index contributed by atoms with van der Waals surface area (Å²) in [4.78, 5) is 13.7. The van der Waals surface area contributed by atoms with E-state index in [0.717, 1.165) is 32.5 Å². The van der Waals surface area contributed by atoms with Crippen LogP contribution in [0.4, 0.5) is 0 Å². The number of hydrogen-bond donors (Lipinski definition) is 0. The minimum atomic E-state index is -0.269. The molecular weight excluding hydrogens is 362 g/mol. The van der Waals surface area contributed by atoms with Gasteiger partial charge in [-0.05, 0) is 37.8 Å². The van der Waals surface area contributed by atoms with Gasteiger partial charge in [-0.25, -0.2) is 4.79 Å². The van der Waals surface area contributed by atoms with Crippen LogP contribution in [0.25, 0.3) is 0 Å². The first-order chi connectivity index (χ1) is 14.2. The lowest BCUT2D eigenvalue weighted by Gasteiger charge is -2.33. The van der Waals surface area contributed by atoms with Crippen LogP contribution in [0.5, 0.6) is 0 Å². The lowest BCUT2D eigenvalue weighted by molar-refractivity contribution is -0.137. The molecule has 0 aromatic heterocycles. The molecule has 4 heteroatoms. The zero-order chi connectivity index (χ0) is 20.5. The zero-order valence-electron chi connectivity index (χ0n) is 17.4. The van der Waals surface area contributed by atoms with Crippen LogP contribution in [0.15, 0.2) is 66.7 Å².